The highest BCUT2D eigenvalue weighted by atomic mass is 16.2. The summed E-state index contributed by atoms with van der Waals surface area (Å²) in [7, 11) is 0. The zero-order chi connectivity index (χ0) is 9.35. The number of carbonyl (C=O) groups excluding carboxylic acids is 2. The summed E-state index contributed by atoms with van der Waals surface area (Å²) in [6.07, 6.45) is 1.78. The van der Waals surface area contributed by atoms with Gasteiger partial charge in [0.2, 0.25) is 0 Å². The molecule has 12 heavy (non-hydrogen) atoms. The van der Waals surface area contributed by atoms with Gasteiger partial charge in [-0.3, -0.25) is 9.59 Å². The number of carbonyl (C=O) groups is 2. The molecule has 1 unspecified atom stereocenters. The first-order chi connectivity index (χ1) is 5.47. The maximum Gasteiger partial charge on any atom is 0.146 e. The molecule has 0 aromatic carbocycles. The standard InChI is InChI=1S/C10H14O2/c1-7-4-5-9(12)10(3,6-7)8(2)11/h1,4-6H2,2-3H3. The average Bonchev–Trinajstić information content (AvgIpc) is 1.97. The summed E-state index contributed by atoms with van der Waals surface area (Å²) in [6.45, 7) is 7.03. The van der Waals surface area contributed by atoms with E-state index in [1.54, 1.807) is 6.92 Å². The molecule has 2 heteroatoms. The second-order valence-electron chi connectivity index (χ2n) is 3.74. The molecule has 0 amide bonds. The van der Waals surface area contributed by atoms with Gasteiger partial charge < -0.3 is 0 Å². The van der Waals surface area contributed by atoms with Crippen molar-refractivity contribution in [2.75, 3.05) is 0 Å². The van der Waals surface area contributed by atoms with Gasteiger partial charge in [-0.15, -0.1) is 0 Å². The number of rotatable bonds is 1. The lowest BCUT2D eigenvalue weighted by molar-refractivity contribution is -0.139. The minimum absolute atomic E-state index is 0.0339. The molecule has 1 fully saturated rings. The Hall–Kier alpha value is -0.920. The Morgan fingerprint density at radius 2 is 2.08 bits per heavy atom. The topological polar surface area (TPSA) is 34.1 Å². The van der Waals surface area contributed by atoms with Crippen LogP contribution in [0.2, 0.25) is 0 Å². The predicted octanol–water partition coefficient (Wildman–Crippen LogP) is 1.89. The van der Waals surface area contributed by atoms with Gasteiger partial charge in [0.25, 0.3) is 0 Å². The van der Waals surface area contributed by atoms with Crippen molar-refractivity contribution in [1.82, 2.24) is 0 Å². The van der Waals surface area contributed by atoms with Crippen LogP contribution >= 0.6 is 0 Å². The molecule has 0 aromatic rings. The summed E-state index contributed by atoms with van der Waals surface area (Å²) in [5, 5.41) is 0. The first kappa shape index (κ1) is 9.17. The van der Waals surface area contributed by atoms with Gasteiger partial charge in [-0.25, -0.2) is 0 Å². The van der Waals surface area contributed by atoms with Crippen molar-refractivity contribution in [1.29, 1.82) is 0 Å². The quantitative estimate of drug-likeness (QED) is 0.440. The molecule has 0 heterocycles. The maximum absolute atomic E-state index is 11.4. The van der Waals surface area contributed by atoms with Crippen molar-refractivity contribution in [3.05, 3.63) is 12.2 Å². The fourth-order valence-corrected chi connectivity index (χ4v) is 1.57. The van der Waals surface area contributed by atoms with E-state index in [-0.39, 0.29) is 11.6 Å². The molecule has 1 aliphatic carbocycles. The smallest absolute Gasteiger partial charge is 0.146 e. The van der Waals surface area contributed by atoms with Crippen LogP contribution in [-0.4, -0.2) is 11.6 Å². The molecule has 0 aromatic heterocycles. The molecular formula is C10H14O2. The van der Waals surface area contributed by atoms with E-state index < -0.39 is 5.41 Å². The van der Waals surface area contributed by atoms with Crippen LogP contribution in [0.4, 0.5) is 0 Å². The van der Waals surface area contributed by atoms with E-state index in [1.165, 1.54) is 6.92 Å². The summed E-state index contributed by atoms with van der Waals surface area (Å²) in [6, 6.07) is 0. The molecule has 0 bridgehead atoms. The zero-order valence-electron chi connectivity index (χ0n) is 7.64. The SMILES string of the molecule is C=C1CCC(=O)C(C)(C(C)=O)C1. The second-order valence-corrected chi connectivity index (χ2v) is 3.74. The molecule has 0 spiro atoms. The Morgan fingerprint density at radius 3 is 2.50 bits per heavy atom. The summed E-state index contributed by atoms with van der Waals surface area (Å²) in [5.74, 6) is 0.0377. The summed E-state index contributed by atoms with van der Waals surface area (Å²) >= 11 is 0. The fraction of sp³-hybridized carbons (Fsp3) is 0.600. The van der Waals surface area contributed by atoms with Gasteiger partial charge in [0.15, 0.2) is 0 Å². The average molecular weight is 166 g/mol. The molecule has 0 saturated heterocycles. The highest BCUT2D eigenvalue weighted by Gasteiger charge is 2.40. The van der Waals surface area contributed by atoms with Crippen molar-refractivity contribution in [2.45, 2.75) is 33.1 Å². The summed E-state index contributed by atoms with van der Waals surface area (Å²) < 4.78 is 0. The van der Waals surface area contributed by atoms with Crippen LogP contribution in [0.5, 0.6) is 0 Å². The zero-order valence-corrected chi connectivity index (χ0v) is 7.64. The van der Waals surface area contributed by atoms with Crippen molar-refractivity contribution in [2.24, 2.45) is 5.41 Å². The van der Waals surface area contributed by atoms with Crippen LogP contribution in [0.25, 0.3) is 0 Å². The number of hydrogen-bond donors (Lipinski definition) is 0. The lowest BCUT2D eigenvalue weighted by Gasteiger charge is -2.30. The number of Topliss-reactive ketones (excluding diaryl/α,β-unsaturated/α-hetero) is 2. The number of hydrogen-bond acceptors (Lipinski definition) is 2. The summed E-state index contributed by atoms with van der Waals surface area (Å²) in [5.41, 5.74) is 0.252. The number of allylic oxidation sites excluding steroid dienone is 1. The van der Waals surface area contributed by atoms with Crippen LogP contribution in [-0.2, 0) is 9.59 Å². The van der Waals surface area contributed by atoms with E-state index in [0.29, 0.717) is 12.8 Å². The third-order valence-corrected chi connectivity index (χ3v) is 2.70. The molecule has 1 saturated carbocycles. The van der Waals surface area contributed by atoms with E-state index in [0.717, 1.165) is 12.0 Å². The number of ketones is 2. The minimum Gasteiger partial charge on any atom is -0.299 e. The Bertz CT molecular complexity index is 253. The van der Waals surface area contributed by atoms with Crippen LogP contribution in [0.1, 0.15) is 33.1 Å². The highest BCUT2D eigenvalue weighted by Crippen LogP contribution is 2.35. The van der Waals surface area contributed by atoms with Crippen molar-refractivity contribution in [3.8, 4) is 0 Å². The molecule has 1 rings (SSSR count). The van der Waals surface area contributed by atoms with Gasteiger partial charge in [0.05, 0.1) is 5.41 Å². The van der Waals surface area contributed by atoms with E-state index in [1.807, 2.05) is 0 Å². The highest BCUT2D eigenvalue weighted by molar-refractivity contribution is 6.06. The van der Waals surface area contributed by atoms with Gasteiger partial charge in [-0.2, -0.15) is 0 Å². The Balaban J connectivity index is 2.92. The van der Waals surface area contributed by atoms with E-state index in [9.17, 15) is 9.59 Å². The van der Waals surface area contributed by atoms with Crippen LogP contribution < -0.4 is 0 Å². The first-order valence-electron chi connectivity index (χ1n) is 4.18. The van der Waals surface area contributed by atoms with E-state index in [2.05, 4.69) is 6.58 Å². The molecule has 1 atom stereocenters. The second kappa shape index (κ2) is 2.85. The van der Waals surface area contributed by atoms with Gasteiger partial charge in [0.1, 0.15) is 11.6 Å². The Kier molecular flexibility index (Phi) is 2.18. The van der Waals surface area contributed by atoms with E-state index in [4.69, 9.17) is 0 Å². The molecule has 2 nitrogen and oxygen atoms in total. The van der Waals surface area contributed by atoms with Crippen molar-refractivity contribution in [3.63, 3.8) is 0 Å². The largest absolute Gasteiger partial charge is 0.299 e. The lowest BCUT2D eigenvalue weighted by Crippen LogP contribution is -2.38. The monoisotopic (exact) mass is 166 g/mol. The van der Waals surface area contributed by atoms with Crippen molar-refractivity contribution < 1.29 is 9.59 Å². The van der Waals surface area contributed by atoms with Crippen LogP contribution in [0.15, 0.2) is 12.2 Å². The first-order valence-corrected chi connectivity index (χ1v) is 4.18. The summed E-state index contributed by atoms with van der Waals surface area (Å²) in [4.78, 5) is 22.7. The molecule has 0 aliphatic heterocycles. The normalized spacial score (nSPS) is 30.5. The van der Waals surface area contributed by atoms with Gasteiger partial charge in [0, 0.05) is 6.42 Å². The molecule has 1 aliphatic rings. The third-order valence-electron chi connectivity index (χ3n) is 2.70. The minimum atomic E-state index is -0.769. The Morgan fingerprint density at radius 1 is 1.50 bits per heavy atom. The predicted molar refractivity (Wildman–Crippen MR) is 46.8 cm³/mol. The lowest BCUT2D eigenvalue weighted by atomic mass is 9.70. The Labute approximate surface area is 72.7 Å². The van der Waals surface area contributed by atoms with Gasteiger partial charge >= 0.3 is 0 Å². The van der Waals surface area contributed by atoms with Crippen LogP contribution in [0.3, 0.4) is 0 Å². The molecule has 0 radical (unpaired) electrons. The molecular weight excluding hydrogens is 152 g/mol. The van der Waals surface area contributed by atoms with Crippen LogP contribution in [0, 0.1) is 5.41 Å². The maximum atomic E-state index is 11.4. The van der Waals surface area contributed by atoms with Crippen molar-refractivity contribution >= 4 is 11.6 Å². The van der Waals surface area contributed by atoms with Gasteiger partial charge in [-0.05, 0) is 26.7 Å². The van der Waals surface area contributed by atoms with E-state index >= 15 is 0 Å². The fourth-order valence-electron chi connectivity index (χ4n) is 1.57. The molecule has 66 valence electrons. The molecule has 0 N–H and O–H groups in total. The van der Waals surface area contributed by atoms with Gasteiger partial charge in [-0.1, -0.05) is 12.2 Å². The third kappa shape index (κ3) is 1.33.